The maximum Gasteiger partial charge on any atom is 0.352 e. The first-order valence-corrected chi connectivity index (χ1v) is 14.5. The number of aromatic hydroxyl groups is 1. The van der Waals surface area contributed by atoms with Crippen molar-refractivity contribution < 1.29 is 29.4 Å². The molecule has 0 saturated carbocycles. The molecule has 220 valence electrons. The summed E-state index contributed by atoms with van der Waals surface area (Å²) in [6, 6.07) is 4.38. The number of carboxylic acids is 1. The molecule has 3 aliphatic rings. The van der Waals surface area contributed by atoms with Gasteiger partial charge in [-0.25, -0.2) is 10.3 Å². The Bertz CT molecular complexity index is 1580. The van der Waals surface area contributed by atoms with Gasteiger partial charge in [-0.1, -0.05) is 23.9 Å². The number of thioether (sulfide) groups is 2. The van der Waals surface area contributed by atoms with E-state index in [1.807, 2.05) is 0 Å². The van der Waals surface area contributed by atoms with Gasteiger partial charge in [0.1, 0.15) is 34.5 Å². The molecular weight excluding hydrogens is 588 g/mol. The first-order valence-electron chi connectivity index (χ1n) is 12.5. The molecule has 3 atom stereocenters. The number of amides is 3. The van der Waals surface area contributed by atoms with Gasteiger partial charge in [-0.15, -0.1) is 22.4 Å². The summed E-state index contributed by atoms with van der Waals surface area (Å²) in [7, 11) is 1.74. The number of nitrogens with zero attached hydrogens (tertiary/aromatic N) is 3. The minimum atomic E-state index is -1.33. The quantitative estimate of drug-likeness (QED) is 0.189. The number of pyridine rings is 1. The number of hydrogen-bond donors (Lipinski definition) is 7. The zero-order chi connectivity index (χ0) is 30.1. The number of aliphatic carboxylic acids is 1. The molecule has 3 amide bonds. The summed E-state index contributed by atoms with van der Waals surface area (Å²) in [5.74, 6) is -2.92. The Morgan fingerprint density at radius 3 is 2.62 bits per heavy atom. The number of H-pyrrole nitrogens is 1. The molecule has 1 aromatic heterocycles. The number of fused-ring (bicyclic) bond motifs is 1. The predicted molar refractivity (Wildman–Crippen MR) is 154 cm³/mol. The number of aromatic nitrogens is 1. The average Bonchev–Trinajstić information content (AvgIpc) is 3.37. The van der Waals surface area contributed by atoms with Crippen molar-refractivity contribution in [3.63, 3.8) is 0 Å². The van der Waals surface area contributed by atoms with Crippen molar-refractivity contribution in [2.75, 3.05) is 18.6 Å². The van der Waals surface area contributed by atoms with Crippen molar-refractivity contribution in [1.82, 2.24) is 36.6 Å². The molecule has 2 unspecified atom stereocenters. The fourth-order valence-corrected chi connectivity index (χ4v) is 6.88. The normalized spacial score (nSPS) is 20.2. The number of hydrazine groups is 2. The summed E-state index contributed by atoms with van der Waals surface area (Å²) in [6.45, 7) is 1.66. The fourth-order valence-electron chi connectivity index (χ4n) is 4.51. The number of hydrogen-bond acceptors (Lipinski definition) is 12. The molecule has 4 heterocycles. The van der Waals surface area contributed by atoms with Crippen molar-refractivity contribution in [1.29, 1.82) is 0 Å². The minimum absolute atomic E-state index is 0.0660. The third-order valence-corrected chi connectivity index (χ3v) is 9.10. The number of rotatable bonds is 8. The van der Waals surface area contributed by atoms with E-state index >= 15 is 0 Å². The minimum Gasteiger partial charge on any atom is -0.508 e. The molecule has 0 bridgehead atoms. The number of aryl methyl sites for hydroxylation is 1. The lowest BCUT2D eigenvalue weighted by Gasteiger charge is -2.49. The van der Waals surface area contributed by atoms with Gasteiger partial charge in [0, 0.05) is 36.5 Å². The number of β-lactam (4-membered cyclic amide) rings is 1. The molecule has 1 saturated heterocycles. The van der Waals surface area contributed by atoms with Gasteiger partial charge in [-0.3, -0.25) is 29.1 Å². The van der Waals surface area contributed by atoms with E-state index in [2.05, 4.69) is 31.8 Å². The lowest BCUT2D eigenvalue weighted by molar-refractivity contribution is -0.151. The van der Waals surface area contributed by atoms with Gasteiger partial charge in [-0.05, 0) is 30.2 Å². The highest BCUT2D eigenvalue weighted by molar-refractivity contribution is 8.14. The summed E-state index contributed by atoms with van der Waals surface area (Å²) >= 11 is 2.60. The SMILES string of the molecule is Cc1cc(=O)c(C(=O)NC(C(=O)NC2C(=O)N3C(C(=O)O)=C(CSC4=NNNN4C)CS[C@@H]23)c2ccc(O)cc2)c[nH]1. The third-order valence-electron chi connectivity index (χ3n) is 6.65. The van der Waals surface area contributed by atoms with Crippen molar-refractivity contribution in [2.24, 2.45) is 5.10 Å². The number of phenols is 1. The lowest BCUT2D eigenvalue weighted by atomic mass is 10.0. The van der Waals surface area contributed by atoms with Gasteiger partial charge in [0.15, 0.2) is 10.6 Å². The Labute approximate surface area is 246 Å². The molecule has 0 aliphatic carbocycles. The second-order valence-corrected chi connectivity index (χ2v) is 11.6. The molecule has 42 heavy (non-hydrogen) atoms. The van der Waals surface area contributed by atoms with Crippen LogP contribution in [0.3, 0.4) is 0 Å². The summed E-state index contributed by atoms with van der Waals surface area (Å²) in [5, 5.41) is 30.4. The maximum absolute atomic E-state index is 13.5. The van der Waals surface area contributed by atoms with E-state index < -0.39 is 46.6 Å². The number of phenolic OH excluding ortho intramolecular Hbond substituents is 1. The van der Waals surface area contributed by atoms with Gasteiger partial charge >= 0.3 is 5.97 Å². The van der Waals surface area contributed by atoms with Crippen LogP contribution in [0.5, 0.6) is 5.75 Å². The van der Waals surface area contributed by atoms with Crippen molar-refractivity contribution >= 4 is 52.4 Å². The Kier molecular flexibility index (Phi) is 8.15. The highest BCUT2D eigenvalue weighted by Crippen LogP contribution is 2.41. The highest BCUT2D eigenvalue weighted by atomic mass is 32.2. The van der Waals surface area contributed by atoms with Crippen LogP contribution in [-0.4, -0.2) is 83.9 Å². The monoisotopic (exact) mass is 614 g/mol. The number of aromatic amines is 1. The van der Waals surface area contributed by atoms with E-state index in [0.717, 1.165) is 4.90 Å². The predicted octanol–water partition coefficient (Wildman–Crippen LogP) is -0.443. The molecule has 1 fully saturated rings. The van der Waals surface area contributed by atoms with E-state index in [0.29, 0.717) is 22.2 Å². The molecule has 0 spiro atoms. The number of amidine groups is 1. The Morgan fingerprint density at radius 1 is 1.24 bits per heavy atom. The number of carboxylic acid groups (broad SMARTS) is 1. The van der Waals surface area contributed by atoms with E-state index in [1.54, 1.807) is 19.0 Å². The molecule has 7 N–H and O–H groups in total. The maximum atomic E-state index is 13.5. The Morgan fingerprint density at radius 2 is 1.98 bits per heavy atom. The smallest absolute Gasteiger partial charge is 0.352 e. The van der Waals surface area contributed by atoms with Crippen LogP contribution in [-0.2, 0) is 14.4 Å². The molecule has 2 aromatic rings. The van der Waals surface area contributed by atoms with Crippen LogP contribution in [0.4, 0.5) is 0 Å². The van der Waals surface area contributed by atoms with Gasteiger partial charge in [0.2, 0.25) is 5.91 Å². The summed E-state index contributed by atoms with van der Waals surface area (Å²) < 4.78 is 0. The molecule has 15 nitrogen and oxygen atoms in total. The molecule has 17 heteroatoms. The molecule has 0 radical (unpaired) electrons. The number of benzene rings is 1. The summed E-state index contributed by atoms with van der Waals surface area (Å²) in [4.78, 5) is 68.2. The van der Waals surface area contributed by atoms with Crippen LogP contribution in [0.25, 0.3) is 0 Å². The first kappa shape index (κ1) is 29.0. The third kappa shape index (κ3) is 5.65. The second kappa shape index (κ2) is 11.8. The van der Waals surface area contributed by atoms with Gasteiger partial charge in [0.25, 0.3) is 11.8 Å². The standard InChI is InChI=1S/C25H26N8O7S2/c1-11-7-16(35)15(8-26-11)20(36)27-17(12-3-5-14(34)6-4-12)21(37)28-18-22(38)33-19(24(39)40)13(9-41-23(18)33)10-42-25-29-30-31-32(25)2/h3-8,17-18,23,30-31,34H,9-10H2,1-2H3,(H,26,35)(H,27,36)(H,28,37)(H,39,40)/t17?,18?,23-/m0/s1. The number of carbonyl (C=O) groups excluding carboxylic acids is 3. The van der Waals surface area contributed by atoms with E-state index in [-0.39, 0.29) is 28.3 Å². The van der Waals surface area contributed by atoms with E-state index in [1.165, 1.54) is 60.1 Å². The Hall–Kier alpha value is -4.48. The van der Waals surface area contributed by atoms with Crippen LogP contribution in [0, 0.1) is 6.92 Å². The number of hydrazone groups is 1. The van der Waals surface area contributed by atoms with Crippen molar-refractivity contribution in [3.05, 3.63) is 74.8 Å². The number of nitrogens with one attached hydrogen (secondary N) is 5. The average molecular weight is 615 g/mol. The molecule has 5 rings (SSSR count). The van der Waals surface area contributed by atoms with Gasteiger partial charge < -0.3 is 25.8 Å². The lowest BCUT2D eigenvalue weighted by Crippen LogP contribution is -2.71. The van der Waals surface area contributed by atoms with Crippen LogP contribution >= 0.6 is 23.5 Å². The topological polar surface area (TPSA) is 209 Å². The van der Waals surface area contributed by atoms with Crippen LogP contribution in [0.2, 0.25) is 0 Å². The molecular formula is C25H26N8O7S2. The zero-order valence-corrected chi connectivity index (χ0v) is 23.8. The van der Waals surface area contributed by atoms with Crippen LogP contribution in [0.15, 0.2) is 57.7 Å². The largest absolute Gasteiger partial charge is 0.508 e. The van der Waals surface area contributed by atoms with E-state index in [4.69, 9.17) is 0 Å². The van der Waals surface area contributed by atoms with Crippen molar-refractivity contribution in [3.8, 4) is 5.75 Å². The molecule has 3 aliphatic heterocycles. The number of carbonyl (C=O) groups is 4. The van der Waals surface area contributed by atoms with Crippen molar-refractivity contribution in [2.45, 2.75) is 24.4 Å². The van der Waals surface area contributed by atoms with Gasteiger partial charge in [0.05, 0.1) is 0 Å². The first-order chi connectivity index (χ1) is 20.0. The summed E-state index contributed by atoms with van der Waals surface area (Å²) in [6.07, 6.45) is 1.24. The Balaban J connectivity index is 1.33. The second-order valence-electron chi connectivity index (χ2n) is 9.51. The zero-order valence-electron chi connectivity index (χ0n) is 22.2. The highest BCUT2D eigenvalue weighted by Gasteiger charge is 2.54. The summed E-state index contributed by atoms with van der Waals surface area (Å²) in [5.41, 5.74) is 5.84. The van der Waals surface area contributed by atoms with Gasteiger partial charge in [-0.2, -0.15) is 0 Å². The fraction of sp³-hybridized carbons (Fsp3) is 0.280. The van der Waals surface area contributed by atoms with Crippen LogP contribution in [0.1, 0.15) is 27.7 Å². The molecule has 1 aromatic carbocycles. The van der Waals surface area contributed by atoms with Crippen LogP contribution < -0.4 is 27.1 Å². The van der Waals surface area contributed by atoms with E-state index in [9.17, 15) is 34.2 Å².